The highest BCUT2D eigenvalue weighted by atomic mass is 16.2. The number of amides is 1. The smallest absolute Gasteiger partial charge is 0.224 e. The van der Waals surface area contributed by atoms with E-state index < -0.39 is 0 Å². The van der Waals surface area contributed by atoms with E-state index in [-0.39, 0.29) is 37.0 Å². The van der Waals surface area contributed by atoms with Crippen molar-refractivity contribution in [2.75, 3.05) is 32.7 Å². The molecule has 0 bridgehead atoms. The molecule has 0 atom stereocenters. The van der Waals surface area contributed by atoms with Crippen molar-refractivity contribution in [1.29, 1.82) is 0 Å². The second-order valence-electron chi connectivity index (χ2n) is 11.7. The number of likely N-dealkylation sites (tertiary alicyclic amines) is 2. The Kier molecular flexibility index (Phi) is 9.72. The molecule has 0 spiro atoms. The van der Waals surface area contributed by atoms with E-state index in [0.717, 1.165) is 22.3 Å². The maximum atomic E-state index is 13.8. The van der Waals surface area contributed by atoms with E-state index in [0.29, 0.717) is 41.9 Å². The van der Waals surface area contributed by atoms with Crippen molar-refractivity contribution in [3.8, 4) is 0 Å². The van der Waals surface area contributed by atoms with Gasteiger partial charge in [-0.15, -0.1) is 0 Å². The first-order valence-electron chi connectivity index (χ1n) is 15.6. The minimum absolute atomic E-state index is 0.0236. The van der Waals surface area contributed by atoms with Gasteiger partial charge in [-0.2, -0.15) is 0 Å². The van der Waals surface area contributed by atoms with Crippen molar-refractivity contribution in [3.05, 3.63) is 166 Å². The van der Waals surface area contributed by atoms with Crippen LogP contribution in [0.1, 0.15) is 28.7 Å². The van der Waals surface area contributed by atoms with Gasteiger partial charge in [0.2, 0.25) is 5.91 Å². The Morgan fingerprint density at radius 1 is 0.478 bits per heavy atom. The molecule has 1 amide bonds. The van der Waals surface area contributed by atoms with E-state index in [2.05, 4.69) is 4.90 Å². The number of hydrogen-bond acceptors (Lipinski definition) is 4. The Morgan fingerprint density at radius 3 is 1.11 bits per heavy atom. The van der Waals surface area contributed by atoms with Crippen LogP contribution < -0.4 is 0 Å². The maximum absolute atomic E-state index is 13.8. The van der Waals surface area contributed by atoms with E-state index in [1.54, 1.807) is 4.90 Å². The van der Waals surface area contributed by atoms with Crippen LogP contribution in [0.25, 0.3) is 24.3 Å². The molecule has 2 aliphatic heterocycles. The molecule has 0 N–H and O–H groups in total. The number of piperidine rings is 2. The summed E-state index contributed by atoms with van der Waals surface area (Å²) < 4.78 is 0. The molecule has 0 unspecified atom stereocenters. The quantitative estimate of drug-likeness (QED) is 0.213. The topological polar surface area (TPSA) is 57.7 Å². The van der Waals surface area contributed by atoms with Crippen molar-refractivity contribution in [1.82, 2.24) is 9.80 Å². The van der Waals surface area contributed by atoms with Gasteiger partial charge in [-0.1, -0.05) is 121 Å². The van der Waals surface area contributed by atoms with Crippen LogP contribution in [0.5, 0.6) is 0 Å². The molecule has 5 heteroatoms. The number of Topliss-reactive ketones (excluding diaryl/α,β-unsaturated/α-hetero) is 2. The summed E-state index contributed by atoms with van der Waals surface area (Å²) in [5, 5.41) is 0. The molecule has 0 radical (unpaired) electrons. The number of hydrogen-bond donors (Lipinski definition) is 0. The Bertz CT molecular complexity index is 1700. The highest BCUT2D eigenvalue weighted by molar-refractivity contribution is 6.16. The lowest BCUT2D eigenvalue weighted by atomic mass is 9.93. The molecule has 0 aromatic heterocycles. The maximum Gasteiger partial charge on any atom is 0.224 e. The highest BCUT2D eigenvalue weighted by Gasteiger charge is 2.31. The lowest BCUT2D eigenvalue weighted by molar-refractivity contribution is -0.131. The summed E-state index contributed by atoms with van der Waals surface area (Å²) in [6.45, 7) is 1.93. The largest absolute Gasteiger partial charge is 0.334 e. The molecule has 2 heterocycles. The molecular weight excluding hydrogens is 568 g/mol. The lowest BCUT2D eigenvalue weighted by Gasteiger charge is -2.32. The summed E-state index contributed by atoms with van der Waals surface area (Å²) >= 11 is 0. The Balaban J connectivity index is 1.23. The molecule has 4 aromatic carbocycles. The van der Waals surface area contributed by atoms with Gasteiger partial charge >= 0.3 is 0 Å². The fourth-order valence-corrected chi connectivity index (χ4v) is 5.90. The number of benzene rings is 4. The van der Waals surface area contributed by atoms with Gasteiger partial charge < -0.3 is 4.90 Å². The first-order valence-corrected chi connectivity index (χ1v) is 15.6. The van der Waals surface area contributed by atoms with Gasteiger partial charge in [-0.25, -0.2) is 0 Å². The van der Waals surface area contributed by atoms with E-state index in [1.807, 2.05) is 146 Å². The first-order chi connectivity index (χ1) is 22.5. The van der Waals surface area contributed by atoms with Gasteiger partial charge in [-0.3, -0.25) is 19.3 Å². The second-order valence-corrected chi connectivity index (χ2v) is 11.7. The van der Waals surface area contributed by atoms with Crippen LogP contribution in [0.4, 0.5) is 0 Å². The first kappa shape index (κ1) is 30.6. The SMILES string of the molecule is O=C1/C(=C/c2ccccc2)CN(CCC(=O)N2C/C(=C\c3ccccc3)C(=O)/C(=C/c3ccccc3)C2)C/C1=C\c1ccccc1. The molecule has 46 heavy (non-hydrogen) atoms. The molecule has 2 saturated heterocycles. The van der Waals surface area contributed by atoms with Crippen molar-refractivity contribution in [2.45, 2.75) is 6.42 Å². The summed E-state index contributed by atoms with van der Waals surface area (Å²) in [6.07, 6.45) is 7.95. The predicted molar refractivity (Wildman–Crippen MR) is 185 cm³/mol. The number of rotatable bonds is 7. The average molecular weight is 605 g/mol. The number of ketones is 2. The normalized spacial score (nSPS) is 19.3. The molecule has 2 fully saturated rings. The van der Waals surface area contributed by atoms with Gasteiger partial charge in [-0.05, 0) is 46.6 Å². The predicted octanol–water partition coefficient (Wildman–Crippen LogP) is 7.01. The molecule has 4 aromatic rings. The molecule has 228 valence electrons. The van der Waals surface area contributed by atoms with Gasteiger partial charge in [0.05, 0.1) is 0 Å². The zero-order valence-corrected chi connectivity index (χ0v) is 25.7. The van der Waals surface area contributed by atoms with E-state index in [9.17, 15) is 14.4 Å². The summed E-state index contributed by atoms with van der Waals surface area (Å²) in [6, 6.07) is 39.2. The van der Waals surface area contributed by atoms with Gasteiger partial charge in [0.15, 0.2) is 11.6 Å². The monoisotopic (exact) mass is 604 g/mol. The Labute approximate surface area is 270 Å². The number of nitrogens with zero attached hydrogens (tertiary/aromatic N) is 2. The summed E-state index contributed by atoms with van der Waals surface area (Å²) in [7, 11) is 0. The van der Waals surface area contributed by atoms with Gasteiger partial charge in [0, 0.05) is 61.4 Å². The zero-order chi connectivity index (χ0) is 31.7. The molecule has 0 aliphatic carbocycles. The van der Waals surface area contributed by atoms with Gasteiger partial charge in [0.25, 0.3) is 0 Å². The lowest BCUT2D eigenvalue weighted by Crippen LogP contribution is -2.44. The fraction of sp³-hybridized carbons (Fsp3) is 0.146. The van der Waals surface area contributed by atoms with Crippen LogP contribution in [-0.2, 0) is 14.4 Å². The Morgan fingerprint density at radius 2 is 0.783 bits per heavy atom. The van der Waals surface area contributed by atoms with Crippen LogP contribution in [0.2, 0.25) is 0 Å². The third-order valence-corrected chi connectivity index (χ3v) is 8.23. The second kappa shape index (κ2) is 14.6. The van der Waals surface area contributed by atoms with Crippen molar-refractivity contribution in [3.63, 3.8) is 0 Å². The fourth-order valence-electron chi connectivity index (χ4n) is 5.90. The highest BCUT2D eigenvalue weighted by Crippen LogP contribution is 2.25. The molecular formula is C41H36N2O3. The Hall–Kier alpha value is -5.39. The molecule has 6 rings (SSSR count). The van der Waals surface area contributed by atoms with E-state index in [1.165, 1.54) is 0 Å². The molecule has 5 nitrogen and oxygen atoms in total. The zero-order valence-electron chi connectivity index (χ0n) is 25.7. The van der Waals surface area contributed by atoms with Crippen LogP contribution in [0.3, 0.4) is 0 Å². The third-order valence-electron chi connectivity index (χ3n) is 8.23. The van der Waals surface area contributed by atoms with Crippen LogP contribution in [-0.4, -0.2) is 60.0 Å². The number of carbonyl (C=O) groups excluding carboxylic acids is 3. The minimum atomic E-state index is -0.0299. The van der Waals surface area contributed by atoms with Gasteiger partial charge in [0.1, 0.15) is 0 Å². The van der Waals surface area contributed by atoms with Crippen LogP contribution >= 0.6 is 0 Å². The summed E-state index contributed by atoms with van der Waals surface area (Å²) in [4.78, 5) is 44.9. The summed E-state index contributed by atoms with van der Waals surface area (Å²) in [5.74, 6) is -0.0154. The summed E-state index contributed by atoms with van der Waals surface area (Å²) in [5.41, 5.74) is 6.39. The number of carbonyl (C=O) groups is 3. The average Bonchev–Trinajstić information content (AvgIpc) is 3.09. The van der Waals surface area contributed by atoms with Crippen LogP contribution in [0, 0.1) is 0 Å². The van der Waals surface area contributed by atoms with E-state index in [4.69, 9.17) is 0 Å². The standard InChI is InChI=1S/C41H36N2O3/c44-39(43-29-37(25-33-17-9-3-10-18-33)41(46)38(30-43)26-34-19-11-4-12-20-34)21-22-42-27-35(23-31-13-5-1-6-14-31)40(45)36(28-42)24-32-15-7-2-8-16-32/h1-20,23-26H,21-22,27-30H2/b35-23+,36-24+,37-25+,38-26+. The van der Waals surface area contributed by atoms with Crippen molar-refractivity contribution >= 4 is 41.8 Å². The van der Waals surface area contributed by atoms with Crippen LogP contribution in [0.15, 0.2) is 144 Å². The molecule has 0 saturated carbocycles. The minimum Gasteiger partial charge on any atom is -0.334 e. The molecule has 2 aliphatic rings. The van der Waals surface area contributed by atoms with Crippen molar-refractivity contribution < 1.29 is 14.4 Å². The third kappa shape index (κ3) is 7.81. The van der Waals surface area contributed by atoms with Crippen molar-refractivity contribution in [2.24, 2.45) is 0 Å². The van der Waals surface area contributed by atoms with E-state index >= 15 is 0 Å².